The van der Waals surface area contributed by atoms with E-state index < -0.39 is 20.0 Å². The predicted molar refractivity (Wildman–Crippen MR) is 215 cm³/mol. The van der Waals surface area contributed by atoms with Crippen molar-refractivity contribution in [1.29, 1.82) is 0 Å². The molecule has 2 N–H and O–H groups in total. The molecule has 0 bridgehead atoms. The topological polar surface area (TPSA) is 108 Å². The maximum Gasteiger partial charge on any atom is 0.268 e. The van der Waals surface area contributed by atoms with Crippen molar-refractivity contribution < 1.29 is 32.9 Å². The Hall–Kier alpha value is -0.760. The van der Waals surface area contributed by atoms with E-state index in [4.69, 9.17) is 9.05 Å². The Morgan fingerprint density at radius 2 is 1.08 bits per heavy atom. The molecule has 0 fully saturated rings. The Kier molecular flexibility index (Phi) is 34.5. The van der Waals surface area contributed by atoms with Crippen molar-refractivity contribution in [3.8, 4) is 0 Å². The second-order valence-electron chi connectivity index (χ2n) is 16.1. The van der Waals surface area contributed by atoms with Gasteiger partial charge < -0.3 is 28.8 Å². The summed E-state index contributed by atoms with van der Waals surface area (Å²) in [5.41, 5.74) is 0. The number of nitrogens with zero attached hydrogens (tertiary/aromatic N) is 1. The minimum absolute atomic E-state index is 0.00951. The van der Waals surface area contributed by atoms with Crippen LogP contribution in [0.3, 0.4) is 0 Å². The summed E-state index contributed by atoms with van der Waals surface area (Å²) in [5.74, 6) is -0.173. The average molecular weight is 745 g/mol. The standard InChI is InChI=1S/C42H85N2O6P/c1-6-8-10-12-14-16-18-20-21-22-24-26-28-30-32-34-36-42(46)43-40(39-50-51(47,48)49-38-37-44(3,4)5)41(45)35-33-31-29-27-25-23-19-17-15-13-11-9-7-2/h25,27,40-41,45H,6-24,26,28-39H2,1-5H3,(H-,43,46,47,48)/b27-25+/t40-,41+/m0/s1. The summed E-state index contributed by atoms with van der Waals surface area (Å²) in [4.78, 5) is 25.3. The van der Waals surface area contributed by atoms with Crippen LogP contribution in [0.25, 0.3) is 0 Å². The molecular weight excluding hydrogens is 659 g/mol. The lowest BCUT2D eigenvalue weighted by Crippen LogP contribution is -2.46. The van der Waals surface area contributed by atoms with Gasteiger partial charge in [0.1, 0.15) is 13.2 Å². The molecule has 0 aliphatic heterocycles. The zero-order chi connectivity index (χ0) is 37.9. The van der Waals surface area contributed by atoms with Gasteiger partial charge in [-0.1, -0.05) is 167 Å². The normalized spacial score (nSPS) is 14.6. The van der Waals surface area contributed by atoms with Crippen molar-refractivity contribution in [2.45, 2.75) is 212 Å². The Bertz CT molecular complexity index is 850. The minimum Gasteiger partial charge on any atom is -0.756 e. The highest BCUT2D eigenvalue weighted by Crippen LogP contribution is 2.38. The van der Waals surface area contributed by atoms with Crippen molar-refractivity contribution in [1.82, 2.24) is 5.32 Å². The van der Waals surface area contributed by atoms with E-state index in [1.165, 1.54) is 128 Å². The highest BCUT2D eigenvalue weighted by atomic mass is 31.2. The van der Waals surface area contributed by atoms with E-state index in [9.17, 15) is 19.4 Å². The van der Waals surface area contributed by atoms with Crippen LogP contribution in [-0.4, -0.2) is 68.5 Å². The third kappa shape index (κ3) is 37.4. The zero-order valence-corrected chi connectivity index (χ0v) is 35.2. The van der Waals surface area contributed by atoms with Gasteiger partial charge in [-0.25, -0.2) is 0 Å². The fourth-order valence-corrected chi connectivity index (χ4v) is 6.99. The number of hydrogen-bond acceptors (Lipinski definition) is 6. The molecule has 0 radical (unpaired) electrons. The number of quaternary nitrogens is 1. The maximum atomic E-state index is 12.8. The van der Waals surface area contributed by atoms with E-state index in [0.29, 0.717) is 23.9 Å². The molecule has 0 rings (SSSR count). The average Bonchev–Trinajstić information content (AvgIpc) is 3.07. The number of aliphatic hydroxyl groups is 1. The number of aliphatic hydroxyl groups excluding tert-OH is 1. The molecule has 0 aliphatic carbocycles. The SMILES string of the molecule is CCCCCCCCC/C=C/CCCC[C@@H](O)[C@H](COP(=O)([O-])OCC[N+](C)(C)C)NC(=O)CCCCCCCCCCCCCCCCCC. The van der Waals surface area contributed by atoms with E-state index in [-0.39, 0.29) is 19.1 Å². The van der Waals surface area contributed by atoms with E-state index in [2.05, 4.69) is 31.3 Å². The van der Waals surface area contributed by atoms with Crippen molar-refractivity contribution >= 4 is 13.7 Å². The smallest absolute Gasteiger partial charge is 0.268 e. The predicted octanol–water partition coefficient (Wildman–Crippen LogP) is 10.9. The Morgan fingerprint density at radius 1 is 0.667 bits per heavy atom. The molecule has 0 aromatic carbocycles. The number of unbranched alkanes of at least 4 members (excludes halogenated alkanes) is 24. The number of hydrogen-bond donors (Lipinski definition) is 2. The lowest BCUT2D eigenvalue weighted by molar-refractivity contribution is -0.870. The molecule has 1 amide bonds. The summed E-state index contributed by atoms with van der Waals surface area (Å²) in [5, 5.41) is 13.9. The number of phosphoric ester groups is 1. The van der Waals surface area contributed by atoms with Gasteiger partial charge in [0, 0.05) is 6.42 Å². The van der Waals surface area contributed by atoms with Gasteiger partial charge in [0.25, 0.3) is 7.82 Å². The highest BCUT2D eigenvalue weighted by molar-refractivity contribution is 7.45. The number of nitrogens with one attached hydrogen (secondary N) is 1. The van der Waals surface area contributed by atoms with Crippen LogP contribution in [-0.2, 0) is 18.4 Å². The molecule has 0 aromatic rings. The van der Waals surface area contributed by atoms with E-state index in [0.717, 1.165) is 44.9 Å². The van der Waals surface area contributed by atoms with Crippen molar-refractivity contribution in [3.05, 3.63) is 12.2 Å². The van der Waals surface area contributed by atoms with Crippen LogP contribution in [0.15, 0.2) is 12.2 Å². The molecule has 0 saturated carbocycles. The molecule has 0 aromatic heterocycles. The van der Waals surface area contributed by atoms with Crippen LogP contribution in [0.5, 0.6) is 0 Å². The summed E-state index contributed by atoms with van der Waals surface area (Å²) in [7, 11) is 1.29. The molecule has 3 atom stereocenters. The van der Waals surface area contributed by atoms with Crippen molar-refractivity contribution in [3.63, 3.8) is 0 Å². The van der Waals surface area contributed by atoms with E-state index in [1.54, 1.807) is 0 Å². The van der Waals surface area contributed by atoms with Gasteiger partial charge >= 0.3 is 0 Å². The quantitative estimate of drug-likeness (QED) is 0.0281. The lowest BCUT2D eigenvalue weighted by Gasteiger charge is -2.30. The van der Waals surface area contributed by atoms with Crippen LogP contribution in [0.2, 0.25) is 0 Å². The molecule has 1 unspecified atom stereocenters. The number of carbonyl (C=O) groups excluding carboxylic acids is 1. The molecule has 0 spiro atoms. The van der Waals surface area contributed by atoms with Crippen molar-refractivity contribution in [2.24, 2.45) is 0 Å². The number of amides is 1. The van der Waals surface area contributed by atoms with E-state index >= 15 is 0 Å². The van der Waals surface area contributed by atoms with Gasteiger partial charge in [0.2, 0.25) is 5.91 Å². The van der Waals surface area contributed by atoms with Gasteiger partial charge in [0.05, 0.1) is 39.9 Å². The van der Waals surface area contributed by atoms with Gasteiger partial charge in [0.15, 0.2) is 0 Å². The Morgan fingerprint density at radius 3 is 1.53 bits per heavy atom. The Balaban J connectivity index is 4.39. The number of phosphoric acid groups is 1. The van der Waals surface area contributed by atoms with E-state index in [1.807, 2.05) is 21.1 Å². The fourth-order valence-electron chi connectivity index (χ4n) is 6.27. The van der Waals surface area contributed by atoms with Crippen molar-refractivity contribution in [2.75, 3.05) is 40.9 Å². The first-order chi connectivity index (χ1) is 24.5. The number of likely N-dealkylation sites (N-methyl/N-ethyl adjacent to an activating group) is 1. The fraction of sp³-hybridized carbons (Fsp3) is 0.929. The highest BCUT2D eigenvalue weighted by Gasteiger charge is 2.24. The summed E-state index contributed by atoms with van der Waals surface area (Å²) in [6, 6.07) is -0.810. The Labute approximate surface area is 316 Å². The molecule has 0 saturated heterocycles. The first-order valence-corrected chi connectivity index (χ1v) is 23.0. The van der Waals surface area contributed by atoms with Gasteiger partial charge in [-0.3, -0.25) is 9.36 Å². The minimum atomic E-state index is -4.56. The van der Waals surface area contributed by atoms with Crippen LogP contribution in [0.1, 0.15) is 200 Å². The molecule has 304 valence electrons. The second-order valence-corrected chi connectivity index (χ2v) is 17.5. The molecule has 8 nitrogen and oxygen atoms in total. The van der Waals surface area contributed by atoms with Crippen LogP contribution in [0.4, 0.5) is 0 Å². The summed E-state index contributed by atoms with van der Waals surface area (Å²) in [6.45, 7) is 4.69. The van der Waals surface area contributed by atoms with Gasteiger partial charge in [-0.2, -0.15) is 0 Å². The number of rotatable bonds is 39. The summed E-state index contributed by atoms with van der Waals surface area (Å²) < 4.78 is 23.2. The lowest BCUT2D eigenvalue weighted by atomic mass is 10.0. The molecule has 51 heavy (non-hydrogen) atoms. The van der Waals surface area contributed by atoms with Crippen LogP contribution >= 0.6 is 7.82 Å². The second kappa shape index (κ2) is 35.0. The molecular formula is C42H85N2O6P. The first-order valence-electron chi connectivity index (χ1n) is 21.5. The van der Waals surface area contributed by atoms with Gasteiger partial charge in [-0.05, 0) is 38.5 Å². The van der Waals surface area contributed by atoms with Crippen LogP contribution in [0, 0.1) is 0 Å². The molecule has 0 aliphatic rings. The zero-order valence-electron chi connectivity index (χ0n) is 34.3. The first kappa shape index (κ1) is 50.2. The largest absolute Gasteiger partial charge is 0.756 e. The number of allylic oxidation sites excluding steroid dienone is 2. The summed E-state index contributed by atoms with van der Waals surface area (Å²) >= 11 is 0. The molecule has 0 heterocycles. The number of carbonyl (C=O) groups is 1. The third-order valence-corrected chi connectivity index (χ3v) is 10.7. The third-order valence-electron chi connectivity index (χ3n) is 9.75. The van der Waals surface area contributed by atoms with Gasteiger partial charge in [-0.15, -0.1) is 0 Å². The summed E-state index contributed by atoms with van der Waals surface area (Å²) in [6.07, 6.45) is 37.8. The molecule has 9 heteroatoms. The maximum absolute atomic E-state index is 12.8. The van der Waals surface area contributed by atoms with Crippen LogP contribution < -0.4 is 10.2 Å². The monoisotopic (exact) mass is 745 g/mol.